The SMILES string of the molecule is CNC(=O)Nc1c(Cl)cccc1COc1ccc(C)cc1C. The van der Waals surface area contributed by atoms with Crippen molar-refractivity contribution in [1.82, 2.24) is 5.32 Å². The number of hydrogen-bond acceptors (Lipinski definition) is 2. The molecule has 0 heterocycles. The summed E-state index contributed by atoms with van der Waals surface area (Å²) in [5.41, 5.74) is 3.64. The van der Waals surface area contributed by atoms with E-state index in [1.54, 1.807) is 13.1 Å². The summed E-state index contributed by atoms with van der Waals surface area (Å²) in [6, 6.07) is 11.1. The van der Waals surface area contributed by atoms with E-state index < -0.39 is 0 Å². The van der Waals surface area contributed by atoms with Gasteiger partial charge < -0.3 is 15.4 Å². The third-order valence-corrected chi connectivity index (χ3v) is 3.59. The molecule has 2 N–H and O–H groups in total. The van der Waals surface area contributed by atoms with Gasteiger partial charge in [0, 0.05) is 12.6 Å². The maximum Gasteiger partial charge on any atom is 0.319 e. The summed E-state index contributed by atoms with van der Waals surface area (Å²) in [5.74, 6) is 0.816. The first-order valence-electron chi connectivity index (χ1n) is 6.97. The summed E-state index contributed by atoms with van der Waals surface area (Å²) in [4.78, 5) is 11.5. The maximum atomic E-state index is 11.5. The summed E-state index contributed by atoms with van der Waals surface area (Å²) in [6.45, 7) is 4.37. The highest BCUT2D eigenvalue weighted by atomic mass is 35.5. The van der Waals surface area contributed by atoms with Crippen LogP contribution in [0.1, 0.15) is 16.7 Å². The standard InChI is InChI=1S/C17H19ClN2O2/c1-11-7-8-15(12(2)9-11)22-10-13-5-4-6-14(18)16(13)20-17(21)19-3/h4-9H,10H2,1-3H3,(H2,19,20,21). The predicted molar refractivity (Wildman–Crippen MR) is 89.8 cm³/mol. The molecule has 2 aromatic rings. The third-order valence-electron chi connectivity index (χ3n) is 3.28. The molecule has 0 saturated heterocycles. The minimum atomic E-state index is -0.319. The first kappa shape index (κ1) is 16.2. The second kappa shape index (κ2) is 7.18. The first-order valence-corrected chi connectivity index (χ1v) is 7.35. The van der Waals surface area contributed by atoms with Crippen LogP contribution < -0.4 is 15.4 Å². The van der Waals surface area contributed by atoms with Crippen LogP contribution in [-0.4, -0.2) is 13.1 Å². The van der Waals surface area contributed by atoms with E-state index in [0.717, 1.165) is 16.9 Å². The minimum absolute atomic E-state index is 0.319. The fourth-order valence-electron chi connectivity index (χ4n) is 2.12. The van der Waals surface area contributed by atoms with E-state index in [9.17, 15) is 4.79 Å². The Hall–Kier alpha value is -2.20. The Labute approximate surface area is 135 Å². The molecule has 2 amide bonds. The lowest BCUT2D eigenvalue weighted by Crippen LogP contribution is -2.25. The van der Waals surface area contributed by atoms with Crippen molar-refractivity contribution in [1.29, 1.82) is 0 Å². The number of amides is 2. The molecule has 4 nitrogen and oxygen atoms in total. The summed E-state index contributed by atoms with van der Waals surface area (Å²) >= 11 is 6.17. The van der Waals surface area contributed by atoms with Crippen LogP contribution in [0.2, 0.25) is 5.02 Å². The molecule has 0 aliphatic carbocycles. The molecule has 5 heteroatoms. The van der Waals surface area contributed by atoms with E-state index in [-0.39, 0.29) is 6.03 Å². The number of rotatable bonds is 4. The van der Waals surface area contributed by atoms with Gasteiger partial charge in [0.2, 0.25) is 0 Å². The number of anilines is 1. The smallest absolute Gasteiger partial charge is 0.319 e. The van der Waals surface area contributed by atoms with Gasteiger partial charge in [0.25, 0.3) is 0 Å². The van der Waals surface area contributed by atoms with E-state index in [4.69, 9.17) is 16.3 Å². The highest BCUT2D eigenvalue weighted by Crippen LogP contribution is 2.28. The van der Waals surface area contributed by atoms with Crippen LogP contribution in [0.15, 0.2) is 36.4 Å². The average molecular weight is 319 g/mol. The first-order chi connectivity index (χ1) is 10.5. The van der Waals surface area contributed by atoms with E-state index in [1.807, 2.05) is 38.1 Å². The van der Waals surface area contributed by atoms with Crippen LogP contribution in [0.25, 0.3) is 0 Å². The Kier molecular flexibility index (Phi) is 5.28. The summed E-state index contributed by atoms with van der Waals surface area (Å²) in [6.07, 6.45) is 0. The van der Waals surface area contributed by atoms with Crippen molar-refractivity contribution < 1.29 is 9.53 Å². The molecule has 2 aromatic carbocycles. The lowest BCUT2D eigenvalue weighted by atomic mass is 10.1. The number of carbonyl (C=O) groups excluding carboxylic acids is 1. The van der Waals surface area contributed by atoms with Crippen molar-refractivity contribution in [2.24, 2.45) is 0 Å². The van der Waals surface area contributed by atoms with Gasteiger partial charge in [-0.15, -0.1) is 0 Å². The van der Waals surface area contributed by atoms with Crippen molar-refractivity contribution >= 4 is 23.3 Å². The molecule has 116 valence electrons. The molecule has 0 spiro atoms. The number of hydrogen-bond donors (Lipinski definition) is 2. The molecule has 0 saturated carbocycles. The number of ether oxygens (including phenoxy) is 1. The van der Waals surface area contributed by atoms with Gasteiger partial charge in [0.1, 0.15) is 12.4 Å². The summed E-state index contributed by atoms with van der Waals surface area (Å²) in [7, 11) is 1.55. The zero-order valence-corrected chi connectivity index (χ0v) is 13.6. The van der Waals surface area contributed by atoms with Crippen molar-refractivity contribution in [3.05, 3.63) is 58.1 Å². The fraction of sp³-hybridized carbons (Fsp3) is 0.235. The van der Waals surface area contributed by atoms with E-state index >= 15 is 0 Å². The van der Waals surface area contributed by atoms with Gasteiger partial charge in [-0.3, -0.25) is 0 Å². The third kappa shape index (κ3) is 3.92. The molecule has 0 aliphatic heterocycles. The summed E-state index contributed by atoms with van der Waals surface area (Å²) < 4.78 is 5.86. The molecule has 0 aliphatic rings. The number of benzene rings is 2. The lowest BCUT2D eigenvalue weighted by Gasteiger charge is -2.14. The Balaban J connectivity index is 2.18. The topological polar surface area (TPSA) is 50.4 Å². The number of nitrogens with one attached hydrogen (secondary N) is 2. The van der Waals surface area contributed by atoms with Gasteiger partial charge in [-0.25, -0.2) is 4.79 Å². The molecule has 0 unspecified atom stereocenters. The fourth-order valence-corrected chi connectivity index (χ4v) is 2.36. The monoisotopic (exact) mass is 318 g/mol. The molecule has 0 fully saturated rings. The number of carbonyl (C=O) groups is 1. The van der Waals surface area contributed by atoms with E-state index in [0.29, 0.717) is 17.3 Å². The largest absolute Gasteiger partial charge is 0.489 e. The van der Waals surface area contributed by atoms with Gasteiger partial charge in [0.05, 0.1) is 10.7 Å². The molecule has 22 heavy (non-hydrogen) atoms. The van der Waals surface area contributed by atoms with Crippen LogP contribution in [0.5, 0.6) is 5.75 Å². The van der Waals surface area contributed by atoms with Crippen LogP contribution in [0.3, 0.4) is 0 Å². The predicted octanol–water partition coefficient (Wildman–Crippen LogP) is 4.29. The van der Waals surface area contributed by atoms with Gasteiger partial charge >= 0.3 is 6.03 Å². The van der Waals surface area contributed by atoms with Crippen LogP contribution in [0, 0.1) is 13.8 Å². The van der Waals surface area contributed by atoms with Crippen molar-refractivity contribution in [2.75, 3.05) is 12.4 Å². The molecule has 0 aromatic heterocycles. The molecule has 2 rings (SSSR count). The second-order valence-electron chi connectivity index (χ2n) is 5.04. The van der Waals surface area contributed by atoms with Crippen LogP contribution >= 0.6 is 11.6 Å². The van der Waals surface area contributed by atoms with E-state index in [2.05, 4.69) is 16.7 Å². The lowest BCUT2D eigenvalue weighted by molar-refractivity contribution is 0.254. The van der Waals surface area contributed by atoms with Crippen molar-refractivity contribution in [3.63, 3.8) is 0 Å². The number of aryl methyl sites for hydroxylation is 2. The Morgan fingerprint density at radius 3 is 2.68 bits per heavy atom. The molecule has 0 radical (unpaired) electrons. The average Bonchev–Trinajstić information content (AvgIpc) is 2.49. The van der Waals surface area contributed by atoms with Gasteiger partial charge in [-0.2, -0.15) is 0 Å². The summed E-state index contributed by atoms with van der Waals surface area (Å²) in [5, 5.41) is 5.71. The van der Waals surface area contributed by atoms with Crippen LogP contribution in [-0.2, 0) is 6.61 Å². The Bertz CT molecular complexity index is 686. The normalized spacial score (nSPS) is 10.2. The Morgan fingerprint density at radius 2 is 2.00 bits per heavy atom. The van der Waals surface area contributed by atoms with Gasteiger partial charge in [0.15, 0.2) is 0 Å². The highest BCUT2D eigenvalue weighted by molar-refractivity contribution is 6.33. The van der Waals surface area contributed by atoms with Crippen molar-refractivity contribution in [3.8, 4) is 5.75 Å². The molecule has 0 atom stereocenters. The number of urea groups is 1. The second-order valence-corrected chi connectivity index (χ2v) is 5.44. The Morgan fingerprint density at radius 1 is 1.23 bits per heavy atom. The van der Waals surface area contributed by atoms with E-state index in [1.165, 1.54) is 5.56 Å². The molecular formula is C17H19ClN2O2. The minimum Gasteiger partial charge on any atom is -0.489 e. The van der Waals surface area contributed by atoms with Crippen molar-refractivity contribution in [2.45, 2.75) is 20.5 Å². The van der Waals surface area contributed by atoms with Crippen LogP contribution in [0.4, 0.5) is 10.5 Å². The quantitative estimate of drug-likeness (QED) is 0.883. The van der Waals surface area contributed by atoms with Gasteiger partial charge in [-0.1, -0.05) is 41.4 Å². The number of halogens is 1. The number of para-hydroxylation sites is 1. The zero-order valence-electron chi connectivity index (χ0n) is 12.9. The molecular weight excluding hydrogens is 300 g/mol. The van der Waals surface area contributed by atoms with Gasteiger partial charge in [-0.05, 0) is 31.5 Å². The maximum absolute atomic E-state index is 11.5. The zero-order chi connectivity index (χ0) is 16.1. The molecule has 0 bridgehead atoms. The highest BCUT2D eigenvalue weighted by Gasteiger charge is 2.11.